The van der Waals surface area contributed by atoms with E-state index in [1.165, 1.54) is 50.3 Å². The third-order valence-corrected chi connectivity index (χ3v) is 16.5. The first-order valence-electron chi connectivity index (χ1n) is 25.7. The highest BCUT2D eigenvalue weighted by atomic mass is 32.1. The number of nitrogens with zero attached hydrogens (tertiary/aromatic N) is 33. The number of rotatable bonds is 14. The van der Waals surface area contributed by atoms with Crippen LogP contribution >= 0.6 is 46.1 Å². The molecule has 16 heterocycles. The van der Waals surface area contributed by atoms with E-state index in [1.807, 2.05) is 18.2 Å². The van der Waals surface area contributed by atoms with E-state index in [1.54, 1.807) is 33.9 Å². The lowest BCUT2D eigenvalue weighted by atomic mass is 9.79. The van der Waals surface area contributed by atoms with Gasteiger partial charge in [0.05, 0.1) is 52.7 Å². The maximum Gasteiger partial charge on any atom is 0.250 e. The summed E-state index contributed by atoms with van der Waals surface area (Å²) in [5.41, 5.74) is 7.32. The van der Waals surface area contributed by atoms with Gasteiger partial charge in [-0.1, -0.05) is 48.7 Å². The van der Waals surface area contributed by atoms with Crippen molar-refractivity contribution in [2.24, 2.45) is 0 Å². The van der Waals surface area contributed by atoms with Crippen molar-refractivity contribution >= 4 is 91.0 Å². The van der Waals surface area contributed by atoms with Crippen LogP contribution < -0.4 is 5.01 Å². The Morgan fingerprint density at radius 2 is 1.55 bits per heavy atom. The molecule has 14 aromatic heterocycles. The second-order valence-corrected chi connectivity index (χ2v) is 21.4. The molecule has 0 atom stereocenters. The molecule has 91 heavy (non-hydrogen) atoms. The van der Waals surface area contributed by atoms with Gasteiger partial charge in [-0.3, -0.25) is 20.3 Å². The molecule has 3 N–H and O–H groups in total. The van der Waals surface area contributed by atoms with Crippen LogP contribution in [0.3, 0.4) is 0 Å². The molecule has 0 amide bonds. The van der Waals surface area contributed by atoms with E-state index < -0.39 is 0 Å². The number of anilines is 1. The Kier molecular flexibility index (Phi) is 11.6. The van der Waals surface area contributed by atoms with E-state index in [2.05, 4.69) is 132 Å². The summed E-state index contributed by atoms with van der Waals surface area (Å²) in [6, 6.07) is 7.18. The van der Waals surface area contributed by atoms with E-state index in [-0.39, 0.29) is 96.7 Å². The first-order valence-corrected chi connectivity index (χ1v) is 28.8. The van der Waals surface area contributed by atoms with Gasteiger partial charge in [0.1, 0.15) is 75.6 Å². The number of benzene rings is 2. The summed E-state index contributed by atoms with van der Waals surface area (Å²) in [5, 5.41) is 101. The average molecular weight is 1280 g/mol. The molecule has 2 aliphatic rings. The zero-order valence-electron chi connectivity index (χ0n) is 44.2. The Bertz CT molecular complexity index is 5450. The van der Waals surface area contributed by atoms with E-state index in [0.29, 0.717) is 82.9 Å². The highest BCUT2D eigenvalue weighted by Crippen LogP contribution is 2.61. The fourth-order valence-corrected chi connectivity index (χ4v) is 12.8. The highest BCUT2D eigenvalue weighted by Gasteiger charge is 2.48. The molecular weight excluding hydrogens is 1260 g/mol. The molecule has 0 saturated carbocycles. The summed E-state index contributed by atoms with van der Waals surface area (Å²) in [6.07, 6.45) is 14.2. The molecule has 16 aromatic rings. The molecule has 0 spiro atoms. The Morgan fingerprint density at radius 3 is 2.36 bits per heavy atom. The summed E-state index contributed by atoms with van der Waals surface area (Å²) in [7, 11) is 0. The third kappa shape index (κ3) is 8.27. The van der Waals surface area contributed by atoms with Gasteiger partial charge in [0.25, 0.3) is 0 Å². The second-order valence-electron chi connectivity index (χ2n) is 18.5. The lowest BCUT2D eigenvalue weighted by molar-refractivity contribution is 0.305. The number of aromatic nitrogens is 34. The molecule has 44 heteroatoms. The van der Waals surface area contributed by atoms with Gasteiger partial charge in [0, 0.05) is 55.8 Å². The standard InChI is InChI=1S/C47H18N36O4S4/c1-2-16(32-19(3-1)62-79-66-32)25-27(23-10-85-80-64-23)30(39-51-14-86-73-39)36-26(29(25)38-50-13-55-67-38)17(20-6-54-78-63-20)9-82-35(22-8-57-87-72-22)31(44-69-56-15-84-44)28(24-11-88-81-65-24)37(83(36)82)40-60-45(90-76-40)33-34(75-91-74-33)46-70-71-47(89-46)43-49-12-48-41(59-43)42-58-21(7-53-68-42)18-4-5-52-77-61-18/h1-15H,(H,50,55,67)(H,54,63,78)(H,62,66,79). The van der Waals surface area contributed by atoms with Gasteiger partial charge >= 0.3 is 0 Å². The van der Waals surface area contributed by atoms with Crippen molar-refractivity contribution in [2.45, 2.75) is 0 Å². The highest BCUT2D eigenvalue weighted by molar-refractivity contribution is 7.18. The molecule has 0 radical (unpaired) electrons. The predicted octanol–water partition coefficient (Wildman–Crippen LogP) is 4.27. The van der Waals surface area contributed by atoms with Crippen molar-refractivity contribution in [1.82, 2.24) is 175 Å². The first kappa shape index (κ1) is 51.0. The van der Waals surface area contributed by atoms with E-state index in [9.17, 15) is 0 Å². The predicted molar refractivity (Wildman–Crippen MR) is 305 cm³/mol. The van der Waals surface area contributed by atoms with Gasteiger partial charge in [-0.25, -0.2) is 39.5 Å². The van der Waals surface area contributed by atoms with Crippen LogP contribution in [0.4, 0.5) is 5.69 Å². The fourth-order valence-electron chi connectivity index (χ4n) is 10.3. The van der Waals surface area contributed by atoms with Crippen molar-refractivity contribution in [3.05, 3.63) is 127 Å². The number of allylic oxidation sites excluding steroid dienone is 2. The molecule has 0 bridgehead atoms. The van der Waals surface area contributed by atoms with Crippen molar-refractivity contribution in [2.75, 3.05) is 5.01 Å². The topological polar surface area (TPSA) is 506 Å². The van der Waals surface area contributed by atoms with Crippen LogP contribution in [0.15, 0.2) is 110 Å². The normalized spacial score (nSPS) is 13.2. The Labute approximate surface area is 514 Å². The smallest absolute Gasteiger partial charge is 0.250 e. The number of nitrogens with one attached hydrogen (secondary N) is 3. The summed E-state index contributed by atoms with van der Waals surface area (Å²) in [6.45, 7) is 0. The molecule has 40 nitrogen and oxygen atoms in total. The largest absolute Gasteiger partial charge is 0.423 e. The number of fused-ring (bicyclic) bond motifs is 4. The summed E-state index contributed by atoms with van der Waals surface area (Å²) < 4.78 is 41.8. The fraction of sp³-hybridized carbons (Fsp3) is 0. The van der Waals surface area contributed by atoms with Gasteiger partial charge in [-0.05, 0) is 45.6 Å². The molecule has 0 unspecified atom stereocenters. The number of hydrogen-bond acceptors (Lipinski definition) is 41. The molecule has 434 valence electrons. The SMILES string of the molecule is C1=C(c2c[nH]nn2)c2c(-c3nc[nH]n3)c(-c3cccc4[nH]nnc34)c(-c3conn3)c(-c3ncon3)c2N2C(c3nsc(-c4nsnc4-c4nnc(-c5ncnc(-c6nncc(-c7ccnnn7)n6)n5)s4)n3)=C(c3csnn3)C(c3nnco3)=C(c3cnon3)N12. The second kappa shape index (κ2) is 20.7. The number of aromatic amines is 3. The minimum atomic E-state index is -0.0121. The van der Waals surface area contributed by atoms with E-state index in [0.717, 1.165) is 46.1 Å². The molecule has 2 aromatic carbocycles. The first-order chi connectivity index (χ1) is 45.2. The third-order valence-electron chi connectivity index (χ3n) is 13.8. The van der Waals surface area contributed by atoms with E-state index >= 15 is 0 Å². The maximum absolute atomic E-state index is 6.17. The molecule has 0 aliphatic carbocycles. The van der Waals surface area contributed by atoms with Crippen LogP contribution in [0.1, 0.15) is 34.4 Å². The molecule has 0 fully saturated rings. The van der Waals surface area contributed by atoms with Crippen LogP contribution in [0, 0.1) is 0 Å². The Morgan fingerprint density at radius 1 is 0.593 bits per heavy atom. The summed E-state index contributed by atoms with van der Waals surface area (Å²) >= 11 is 4.13. The van der Waals surface area contributed by atoms with Crippen LogP contribution in [-0.4, -0.2) is 175 Å². The number of hydrazine groups is 1. The lowest BCUT2D eigenvalue weighted by Gasteiger charge is -2.46. The quantitative estimate of drug-likeness (QED) is 0.137. The molecule has 2 aliphatic heterocycles. The maximum atomic E-state index is 6.17. The zero-order valence-corrected chi connectivity index (χ0v) is 47.5. The lowest BCUT2D eigenvalue weighted by Crippen LogP contribution is -2.44. The van der Waals surface area contributed by atoms with Crippen LogP contribution in [0.5, 0.6) is 0 Å². The minimum absolute atomic E-state index is 0.0121. The van der Waals surface area contributed by atoms with Gasteiger partial charge in [-0.15, -0.1) is 56.1 Å². The zero-order chi connectivity index (χ0) is 59.9. The van der Waals surface area contributed by atoms with Crippen molar-refractivity contribution in [3.63, 3.8) is 0 Å². The van der Waals surface area contributed by atoms with E-state index in [4.69, 9.17) is 56.4 Å². The Hall–Kier alpha value is -13.2. The minimum Gasteiger partial charge on any atom is -0.423 e. The van der Waals surface area contributed by atoms with Crippen molar-refractivity contribution in [3.8, 4) is 100 Å². The number of hydrogen-bond donors (Lipinski definition) is 3. The van der Waals surface area contributed by atoms with Gasteiger partial charge in [0.2, 0.25) is 36.2 Å². The molecule has 18 rings (SSSR count). The van der Waals surface area contributed by atoms with Gasteiger partial charge in [0.15, 0.2) is 44.5 Å². The van der Waals surface area contributed by atoms with Crippen LogP contribution in [0.25, 0.3) is 140 Å². The summed E-state index contributed by atoms with van der Waals surface area (Å²) in [4.78, 5) is 32.8. The van der Waals surface area contributed by atoms with Crippen LogP contribution in [0.2, 0.25) is 0 Å². The van der Waals surface area contributed by atoms with Gasteiger partial charge in [-0.2, -0.15) is 28.3 Å². The monoisotopic (exact) mass is 1280 g/mol. The molecular formula is C47H18N36O4S4. The average Bonchev–Trinajstić information content (AvgIpc) is 1.65. The summed E-state index contributed by atoms with van der Waals surface area (Å²) in [5.74, 6) is 0.638. The number of H-pyrrole nitrogens is 3. The van der Waals surface area contributed by atoms with Crippen molar-refractivity contribution in [1.29, 1.82) is 0 Å². The van der Waals surface area contributed by atoms with Gasteiger partial charge < -0.3 is 13.5 Å². The molecule has 0 saturated heterocycles. The Balaban J connectivity index is 0.890. The van der Waals surface area contributed by atoms with Crippen LogP contribution in [-0.2, 0) is 0 Å². The van der Waals surface area contributed by atoms with Crippen molar-refractivity contribution < 1.29 is 18.1 Å².